The van der Waals surface area contributed by atoms with E-state index in [9.17, 15) is 14.7 Å². The Hall–Kier alpha value is -2.42. The Morgan fingerprint density at radius 2 is 1.94 bits per heavy atom. The van der Waals surface area contributed by atoms with Crippen LogP contribution in [0, 0.1) is 5.41 Å². The van der Waals surface area contributed by atoms with E-state index in [2.05, 4.69) is 4.98 Å². The number of aromatic amines is 1. The molecule has 31 heavy (non-hydrogen) atoms. The standard InChI is InChI=1S/C21H21N2O6PS/c1-21(2)18(25)16(28-19(21)23-11-10-17(24)22-20(23)26)12-27-30(31)29-15-9-5-7-13-6-3-4-8-14(13)15/h3-11,16,18-19,25H,12H2,1-2H3/p+1. The van der Waals surface area contributed by atoms with Crippen molar-refractivity contribution in [3.63, 3.8) is 0 Å². The lowest BCUT2D eigenvalue weighted by molar-refractivity contribution is -0.0482. The first-order valence-electron chi connectivity index (χ1n) is 9.68. The van der Waals surface area contributed by atoms with Crippen molar-refractivity contribution in [2.45, 2.75) is 32.3 Å². The fourth-order valence-electron chi connectivity index (χ4n) is 3.72. The first kappa shape index (κ1) is 21.8. The summed E-state index contributed by atoms with van der Waals surface area (Å²) in [6, 6.07) is 14.7. The van der Waals surface area contributed by atoms with Crippen LogP contribution in [0.1, 0.15) is 20.1 Å². The van der Waals surface area contributed by atoms with E-state index >= 15 is 0 Å². The number of H-pyrrole nitrogens is 1. The van der Waals surface area contributed by atoms with Crippen LogP contribution in [0.4, 0.5) is 0 Å². The van der Waals surface area contributed by atoms with Crippen molar-refractivity contribution < 1.29 is 18.9 Å². The molecule has 1 aliphatic heterocycles. The average molecular weight is 461 g/mol. The summed E-state index contributed by atoms with van der Waals surface area (Å²) < 4.78 is 18.7. The minimum absolute atomic E-state index is 0.000823. The summed E-state index contributed by atoms with van der Waals surface area (Å²) in [5.41, 5.74) is -1.92. The summed E-state index contributed by atoms with van der Waals surface area (Å²) in [5, 5.41) is 12.7. The topological polar surface area (TPSA) is 103 Å². The minimum atomic E-state index is -1.70. The predicted molar refractivity (Wildman–Crippen MR) is 120 cm³/mol. The second kappa shape index (κ2) is 8.61. The number of hydrogen-bond donors (Lipinski definition) is 2. The average Bonchev–Trinajstić information content (AvgIpc) is 2.96. The molecule has 1 saturated heterocycles. The number of ether oxygens (including phenoxy) is 1. The number of nitrogens with one attached hydrogen (secondary N) is 1. The van der Waals surface area contributed by atoms with E-state index in [1.54, 1.807) is 13.8 Å². The summed E-state index contributed by atoms with van der Waals surface area (Å²) in [6.07, 6.45) is -1.07. The van der Waals surface area contributed by atoms with Crippen LogP contribution in [0.5, 0.6) is 5.75 Å². The van der Waals surface area contributed by atoms with Crippen molar-refractivity contribution in [2.75, 3.05) is 6.61 Å². The molecule has 2 N–H and O–H groups in total. The van der Waals surface area contributed by atoms with Gasteiger partial charge >= 0.3 is 12.8 Å². The Morgan fingerprint density at radius 1 is 1.19 bits per heavy atom. The molecule has 4 unspecified atom stereocenters. The van der Waals surface area contributed by atoms with E-state index in [0.29, 0.717) is 5.75 Å². The molecule has 0 amide bonds. The first-order chi connectivity index (χ1) is 14.8. The summed E-state index contributed by atoms with van der Waals surface area (Å²) >= 11 is 5.36. The van der Waals surface area contributed by atoms with Crippen LogP contribution in [0.2, 0.25) is 0 Å². The summed E-state index contributed by atoms with van der Waals surface area (Å²) in [4.78, 5) is 25.7. The number of benzene rings is 2. The van der Waals surface area contributed by atoms with Crippen molar-refractivity contribution in [3.05, 3.63) is 75.6 Å². The maximum atomic E-state index is 12.2. The van der Waals surface area contributed by atoms with Gasteiger partial charge in [-0.05, 0) is 11.5 Å². The van der Waals surface area contributed by atoms with Gasteiger partial charge < -0.3 is 9.84 Å². The maximum Gasteiger partial charge on any atom is 0.573 e. The monoisotopic (exact) mass is 461 g/mol. The Bertz CT molecular complexity index is 1230. The van der Waals surface area contributed by atoms with Crippen molar-refractivity contribution in [1.29, 1.82) is 0 Å². The molecule has 10 heteroatoms. The third-order valence-electron chi connectivity index (χ3n) is 5.43. The number of fused-ring (bicyclic) bond motifs is 1. The molecule has 1 aromatic heterocycles. The third kappa shape index (κ3) is 4.33. The molecule has 8 nitrogen and oxygen atoms in total. The molecule has 1 aliphatic rings. The van der Waals surface area contributed by atoms with Crippen LogP contribution in [-0.4, -0.2) is 33.5 Å². The Balaban J connectivity index is 1.45. The molecular weight excluding hydrogens is 439 g/mol. The van der Waals surface area contributed by atoms with Gasteiger partial charge in [-0.15, -0.1) is 4.52 Å². The highest BCUT2D eigenvalue weighted by Crippen LogP contribution is 2.45. The number of rotatable bonds is 6. The Morgan fingerprint density at radius 3 is 2.71 bits per heavy atom. The summed E-state index contributed by atoms with van der Waals surface area (Å²) in [5.74, 6) is 0.630. The van der Waals surface area contributed by atoms with Crippen LogP contribution in [0.25, 0.3) is 10.8 Å². The van der Waals surface area contributed by atoms with Crippen molar-refractivity contribution in [3.8, 4) is 5.75 Å². The van der Waals surface area contributed by atoms with Gasteiger partial charge in [-0.1, -0.05) is 50.2 Å². The molecule has 162 valence electrons. The molecule has 2 aromatic carbocycles. The van der Waals surface area contributed by atoms with Crippen molar-refractivity contribution >= 4 is 29.7 Å². The molecule has 4 rings (SSSR count). The zero-order valence-electron chi connectivity index (χ0n) is 16.9. The lowest BCUT2D eigenvalue weighted by Gasteiger charge is -2.28. The highest BCUT2D eigenvalue weighted by atomic mass is 32.4. The second-order valence-electron chi connectivity index (χ2n) is 7.90. The van der Waals surface area contributed by atoms with Gasteiger partial charge in [0.2, 0.25) is 11.8 Å². The van der Waals surface area contributed by atoms with E-state index in [1.165, 1.54) is 16.8 Å². The van der Waals surface area contributed by atoms with Crippen molar-refractivity contribution in [1.82, 2.24) is 9.55 Å². The van der Waals surface area contributed by atoms with Gasteiger partial charge in [0.05, 0.1) is 6.10 Å². The number of aromatic nitrogens is 2. The van der Waals surface area contributed by atoms with Gasteiger partial charge in [0.1, 0.15) is 18.9 Å². The Kier molecular flexibility index (Phi) is 6.05. The zero-order chi connectivity index (χ0) is 22.2. The molecule has 2 heterocycles. The number of aliphatic hydroxyl groups is 1. The highest BCUT2D eigenvalue weighted by Gasteiger charge is 2.52. The van der Waals surface area contributed by atoms with Gasteiger partial charge in [0, 0.05) is 23.1 Å². The molecule has 4 atom stereocenters. The van der Waals surface area contributed by atoms with Gasteiger partial charge in [0.15, 0.2) is 5.75 Å². The van der Waals surface area contributed by atoms with E-state index < -0.39 is 42.3 Å². The van der Waals surface area contributed by atoms with E-state index in [0.717, 1.165) is 10.8 Å². The number of aliphatic hydroxyl groups excluding tert-OH is 1. The number of nitrogens with zero attached hydrogens (tertiary/aromatic N) is 1. The lowest BCUT2D eigenvalue weighted by atomic mass is 9.84. The lowest BCUT2D eigenvalue weighted by Crippen LogP contribution is -2.39. The van der Waals surface area contributed by atoms with Gasteiger partial charge in [0.25, 0.3) is 5.56 Å². The van der Waals surface area contributed by atoms with Crippen LogP contribution in [0.3, 0.4) is 0 Å². The van der Waals surface area contributed by atoms with Crippen LogP contribution in [0.15, 0.2) is 64.3 Å². The number of hydrogen-bond acceptors (Lipinski definition) is 7. The highest BCUT2D eigenvalue weighted by molar-refractivity contribution is 8.00. The van der Waals surface area contributed by atoms with E-state index in [-0.39, 0.29) is 6.61 Å². The molecule has 3 aromatic rings. The first-order valence-corrected chi connectivity index (χ1v) is 11.9. The van der Waals surface area contributed by atoms with Gasteiger partial charge in [-0.25, -0.2) is 9.32 Å². The molecule has 0 radical (unpaired) electrons. The molecular formula is C21H22N2O6PS+. The van der Waals surface area contributed by atoms with Gasteiger partial charge in [-0.2, -0.15) is 0 Å². The fraction of sp³-hybridized carbons (Fsp3) is 0.333. The molecule has 0 aliphatic carbocycles. The molecule has 0 saturated carbocycles. The van der Waals surface area contributed by atoms with Crippen LogP contribution < -0.4 is 15.8 Å². The molecule has 0 bridgehead atoms. The van der Waals surface area contributed by atoms with Crippen molar-refractivity contribution in [2.24, 2.45) is 5.41 Å². The SMILES string of the molecule is CC1(C)C(O)C(CO[P+](=S)Oc2cccc3ccccc23)OC1n1ccc(=O)[nH]c1=O. The smallest absolute Gasteiger partial charge is 0.390 e. The summed E-state index contributed by atoms with van der Waals surface area (Å²) in [7, 11) is -1.70. The largest absolute Gasteiger partial charge is 0.573 e. The zero-order valence-corrected chi connectivity index (χ0v) is 18.6. The Labute approximate surface area is 184 Å². The van der Waals surface area contributed by atoms with E-state index in [4.69, 9.17) is 25.6 Å². The molecule has 0 spiro atoms. The quantitative estimate of drug-likeness (QED) is 0.544. The second-order valence-corrected chi connectivity index (χ2v) is 9.68. The van der Waals surface area contributed by atoms with Gasteiger partial charge in [-0.3, -0.25) is 14.3 Å². The fourth-order valence-corrected chi connectivity index (χ4v) is 4.79. The normalized spacial score (nSPS) is 23.1. The third-order valence-corrected chi connectivity index (χ3v) is 6.67. The van der Waals surface area contributed by atoms with Crippen LogP contribution in [-0.2, 0) is 21.1 Å². The summed E-state index contributed by atoms with van der Waals surface area (Å²) in [6.45, 7) is 3.56. The van der Waals surface area contributed by atoms with Crippen LogP contribution >= 0.6 is 7.15 Å². The predicted octanol–water partition coefficient (Wildman–Crippen LogP) is 2.84. The maximum absolute atomic E-state index is 12.2. The molecule has 1 fully saturated rings. The minimum Gasteiger partial charge on any atom is -0.390 e. The van der Waals surface area contributed by atoms with E-state index in [1.807, 2.05) is 42.5 Å².